The van der Waals surface area contributed by atoms with Gasteiger partial charge in [0.25, 0.3) is 0 Å². The van der Waals surface area contributed by atoms with E-state index in [4.69, 9.17) is 23.2 Å². The topological polar surface area (TPSA) is 46.2 Å². The summed E-state index contributed by atoms with van der Waals surface area (Å²) < 4.78 is 27.1. The van der Waals surface area contributed by atoms with Gasteiger partial charge in [-0.1, -0.05) is 49.2 Å². The maximum Gasteiger partial charge on any atom is 0.240 e. The number of benzene rings is 2. The highest BCUT2D eigenvalue weighted by atomic mass is 35.5. The Morgan fingerprint density at radius 3 is 2.27 bits per heavy atom. The van der Waals surface area contributed by atoms with Crippen LogP contribution in [-0.2, 0) is 16.6 Å². The van der Waals surface area contributed by atoms with Gasteiger partial charge in [0, 0.05) is 16.6 Å². The summed E-state index contributed by atoms with van der Waals surface area (Å²) in [5.74, 6) is 0.356. The van der Waals surface area contributed by atoms with E-state index in [9.17, 15) is 8.42 Å². The van der Waals surface area contributed by atoms with Gasteiger partial charge >= 0.3 is 0 Å². The van der Waals surface area contributed by atoms with Crippen molar-refractivity contribution < 1.29 is 8.42 Å². The van der Waals surface area contributed by atoms with Crippen LogP contribution in [0.5, 0.6) is 0 Å². The molecule has 0 heterocycles. The van der Waals surface area contributed by atoms with E-state index in [1.54, 1.807) is 30.3 Å². The third kappa shape index (κ3) is 4.23. The average Bonchev–Trinajstić information content (AvgIpc) is 2.48. The predicted molar refractivity (Wildman–Crippen MR) is 91.0 cm³/mol. The zero-order valence-corrected chi connectivity index (χ0v) is 14.6. The van der Waals surface area contributed by atoms with E-state index in [1.807, 2.05) is 12.1 Å². The number of nitrogens with one attached hydrogen (secondary N) is 1. The van der Waals surface area contributed by atoms with E-state index in [0.717, 1.165) is 5.56 Å². The molecule has 0 saturated heterocycles. The van der Waals surface area contributed by atoms with Gasteiger partial charge in [-0.25, -0.2) is 13.1 Å². The molecule has 0 saturated carbocycles. The van der Waals surface area contributed by atoms with Gasteiger partial charge in [0.15, 0.2) is 0 Å². The molecule has 2 aromatic rings. The van der Waals surface area contributed by atoms with E-state index in [1.165, 1.54) is 0 Å². The molecule has 0 aliphatic heterocycles. The Labute approximate surface area is 141 Å². The molecule has 3 nitrogen and oxygen atoms in total. The molecular formula is C16H17Cl2NO2S. The lowest BCUT2D eigenvalue weighted by Gasteiger charge is -2.10. The molecule has 6 heteroatoms. The second-order valence-electron chi connectivity index (χ2n) is 5.28. The summed E-state index contributed by atoms with van der Waals surface area (Å²) in [7, 11) is -3.58. The van der Waals surface area contributed by atoms with Crippen molar-refractivity contribution in [3.8, 4) is 0 Å². The largest absolute Gasteiger partial charge is 0.240 e. The normalized spacial score (nSPS) is 11.9. The first-order valence-electron chi connectivity index (χ1n) is 6.83. The number of hydrogen-bond acceptors (Lipinski definition) is 2. The first-order chi connectivity index (χ1) is 10.3. The Balaban J connectivity index is 2.15. The summed E-state index contributed by atoms with van der Waals surface area (Å²) in [6, 6.07) is 11.8. The lowest BCUT2D eigenvalue weighted by molar-refractivity contribution is 0.581. The summed E-state index contributed by atoms with van der Waals surface area (Å²) in [5.41, 5.74) is 1.73. The van der Waals surface area contributed by atoms with E-state index in [0.29, 0.717) is 21.5 Å². The molecule has 0 unspecified atom stereocenters. The van der Waals surface area contributed by atoms with Crippen LogP contribution in [0.15, 0.2) is 47.4 Å². The van der Waals surface area contributed by atoms with Crippen molar-refractivity contribution in [3.63, 3.8) is 0 Å². The molecule has 0 aliphatic rings. The van der Waals surface area contributed by atoms with Crippen LogP contribution < -0.4 is 4.72 Å². The van der Waals surface area contributed by atoms with Crippen molar-refractivity contribution in [1.82, 2.24) is 4.72 Å². The van der Waals surface area contributed by atoms with Crippen molar-refractivity contribution >= 4 is 33.2 Å². The summed E-state index contributed by atoms with van der Waals surface area (Å²) >= 11 is 11.9. The Kier molecular flexibility index (Phi) is 5.50. The van der Waals surface area contributed by atoms with Crippen LogP contribution in [0.2, 0.25) is 10.0 Å². The molecule has 0 aliphatic carbocycles. The fourth-order valence-corrected chi connectivity index (χ4v) is 3.35. The van der Waals surface area contributed by atoms with Crippen LogP contribution in [0, 0.1) is 0 Å². The third-order valence-corrected chi connectivity index (χ3v) is 5.34. The van der Waals surface area contributed by atoms with Crippen molar-refractivity contribution in [1.29, 1.82) is 0 Å². The van der Waals surface area contributed by atoms with Crippen molar-refractivity contribution in [3.05, 3.63) is 63.6 Å². The average molecular weight is 358 g/mol. The van der Waals surface area contributed by atoms with E-state index in [-0.39, 0.29) is 11.4 Å². The fraction of sp³-hybridized carbons (Fsp3) is 0.250. The second kappa shape index (κ2) is 7.01. The Bertz CT molecular complexity index is 756. The molecule has 118 valence electrons. The Morgan fingerprint density at radius 2 is 1.68 bits per heavy atom. The first kappa shape index (κ1) is 17.3. The van der Waals surface area contributed by atoms with Crippen molar-refractivity contribution in [2.24, 2.45) is 0 Å². The van der Waals surface area contributed by atoms with Crippen LogP contribution in [0.3, 0.4) is 0 Å². The van der Waals surface area contributed by atoms with Crippen LogP contribution in [0.4, 0.5) is 0 Å². The number of halogens is 2. The van der Waals surface area contributed by atoms with Gasteiger partial charge in [0.05, 0.1) is 4.90 Å². The van der Waals surface area contributed by atoms with E-state index in [2.05, 4.69) is 18.6 Å². The molecule has 0 aromatic heterocycles. The molecule has 1 N–H and O–H groups in total. The summed E-state index contributed by atoms with van der Waals surface area (Å²) in [5, 5.41) is 0.988. The molecule has 0 bridgehead atoms. The molecule has 2 aromatic carbocycles. The van der Waals surface area contributed by atoms with Crippen molar-refractivity contribution in [2.45, 2.75) is 31.2 Å². The molecule has 0 fully saturated rings. The number of rotatable bonds is 5. The highest BCUT2D eigenvalue weighted by Gasteiger charge is 2.15. The maximum absolute atomic E-state index is 12.3. The molecule has 0 spiro atoms. The van der Waals surface area contributed by atoms with Crippen molar-refractivity contribution in [2.75, 3.05) is 0 Å². The van der Waals surface area contributed by atoms with Gasteiger partial charge in [-0.2, -0.15) is 0 Å². The minimum atomic E-state index is -3.58. The predicted octanol–water partition coefficient (Wildman–Crippen LogP) is 4.60. The number of sulfonamides is 1. The molecule has 22 heavy (non-hydrogen) atoms. The lowest BCUT2D eigenvalue weighted by Crippen LogP contribution is -2.23. The smallest absolute Gasteiger partial charge is 0.207 e. The summed E-state index contributed by atoms with van der Waals surface area (Å²) in [6.45, 7) is 4.21. The van der Waals surface area contributed by atoms with Gasteiger partial charge in [0.2, 0.25) is 10.0 Å². The molecule has 0 radical (unpaired) electrons. The Morgan fingerprint density at radius 1 is 1.05 bits per heavy atom. The SMILES string of the molecule is CC(C)c1ccc(S(=O)(=O)NCc2cc(Cl)ccc2Cl)cc1. The standard InChI is InChI=1S/C16H17Cl2NO2S/c1-11(2)12-3-6-15(7-4-12)22(20,21)19-10-13-9-14(17)5-8-16(13)18/h3-9,11,19H,10H2,1-2H3. The zero-order valence-electron chi connectivity index (χ0n) is 12.3. The maximum atomic E-state index is 12.3. The monoisotopic (exact) mass is 357 g/mol. The minimum Gasteiger partial charge on any atom is -0.207 e. The third-order valence-electron chi connectivity index (χ3n) is 3.32. The quantitative estimate of drug-likeness (QED) is 0.849. The molecule has 2 rings (SSSR count). The summed E-state index contributed by atoms with van der Waals surface area (Å²) in [4.78, 5) is 0.232. The fourth-order valence-electron chi connectivity index (χ4n) is 1.97. The van der Waals surface area contributed by atoms with E-state index < -0.39 is 10.0 Å². The molecular weight excluding hydrogens is 341 g/mol. The Hall–Kier alpha value is -1.07. The van der Waals surface area contributed by atoms with Gasteiger partial charge in [-0.05, 0) is 47.4 Å². The molecule has 0 atom stereocenters. The second-order valence-corrected chi connectivity index (χ2v) is 7.89. The summed E-state index contributed by atoms with van der Waals surface area (Å²) in [6.07, 6.45) is 0. The van der Waals surface area contributed by atoms with Gasteiger partial charge < -0.3 is 0 Å². The zero-order chi connectivity index (χ0) is 16.3. The molecule has 0 amide bonds. The van der Waals surface area contributed by atoms with Gasteiger partial charge in [-0.3, -0.25) is 0 Å². The first-order valence-corrected chi connectivity index (χ1v) is 9.07. The highest BCUT2D eigenvalue weighted by molar-refractivity contribution is 7.89. The van der Waals surface area contributed by atoms with Crippen LogP contribution >= 0.6 is 23.2 Å². The van der Waals surface area contributed by atoms with E-state index >= 15 is 0 Å². The number of hydrogen-bond donors (Lipinski definition) is 1. The van der Waals surface area contributed by atoms with Crippen LogP contribution in [0.1, 0.15) is 30.9 Å². The van der Waals surface area contributed by atoms with Crippen LogP contribution in [-0.4, -0.2) is 8.42 Å². The highest BCUT2D eigenvalue weighted by Crippen LogP contribution is 2.21. The lowest BCUT2D eigenvalue weighted by atomic mass is 10.0. The van der Waals surface area contributed by atoms with Gasteiger partial charge in [-0.15, -0.1) is 0 Å². The van der Waals surface area contributed by atoms with Crippen LogP contribution in [0.25, 0.3) is 0 Å². The van der Waals surface area contributed by atoms with Gasteiger partial charge in [0.1, 0.15) is 0 Å². The minimum absolute atomic E-state index is 0.0909.